The van der Waals surface area contributed by atoms with Gasteiger partial charge in [0.05, 0.1) is 13.2 Å². The number of piperidine rings is 1. The summed E-state index contributed by atoms with van der Waals surface area (Å²) in [5, 5.41) is 0.952. The Morgan fingerprint density at radius 3 is 2.76 bits per heavy atom. The van der Waals surface area contributed by atoms with Gasteiger partial charge in [0.15, 0.2) is 5.75 Å². The summed E-state index contributed by atoms with van der Waals surface area (Å²) in [5.74, 6) is 0.863. The standard InChI is InChI=1S/C15H24N2O3S/c1-9(2)20-12-11(16)13(15(18)19-4)21-14(12)17-7-5-6-10(3)8-17/h9-10H,5-8,16H2,1-4H3. The molecule has 118 valence electrons. The Balaban J connectivity index is 2.39. The summed E-state index contributed by atoms with van der Waals surface area (Å²) < 4.78 is 10.7. The number of esters is 1. The van der Waals surface area contributed by atoms with Gasteiger partial charge in [0.25, 0.3) is 0 Å². The topological polar surface area (TPSA) is 64.8 Å². The third kappa shape index (κ3) is 3.43. The van der Waals surface area contributed by atoms with Crippen LogP contribution in [0.1, 0.15) is 43.3 Å². The second kappa shape index (κ2) is 6.56. The number of rotatable bonds is 4. The molecule has 0 aromatic carbocycles. The Morgan fingerprint density at radius 1 is 1.48 bits per heavy atom. The molecule has 5 nitrogen and oxygen atoms in total. The minimum absolute atomic E-state index is 0.00774. The van der Waals surface area contributed by atoms with Gasteiger partial charge in [0.1, 0.15) is 15.6 Å². The van der Waals surface area contributed by atoms with Crippen LogP contribution < -0.4 is 15.4 Å². The summed E-state index contributed by atoms with van der Waals surface area (Å²) in [6.45, 7) is 8.09. The Bertz CT molecular complexity index is 513. The van der Waals surface area contributed by atoms with E-state index in [-0.39, 0.29) is 6.10 Å². The van der Waals surface area contributed by atoms with Crippen LogP contribution in [0.4, 0.5) is 10.7 Å². The van der Waals surface area contributed by atoms with Crippen LogP contribution in [-0.4, -0.2) is 32.3 Å². The van der Waals surface area contributed by atoms with E-state index in [0.29, 0.717) is 22.2 Å². The molecule has 0 radical (unpaired) electrons. The summed E-state index contributed by atoms with van der Waals surface area (Å²) in [5.41, 5.74) is 6.53. The van der Waals surface area contributed by atoms with E-state index in [4.69, 9.17) is 15.2 Å². The van der Waals surface area contributed by atoms with Crippen molar-refractivity contribution in [2.45, 2.75) is 39.7 Å². The molecule has 2 heterocycles. The van der Waals surface area contributed by atoms with Crippen molar-refractivity contribution in [2.24, 2.45) is 5.92 Å². The molecule has 2 rings (SSSR count). The van der Waals surface area contributed by atoms with Gasteiger partial charge in [-0.25, -0.2) is 4.79 Å². The Kier molecular flexibility index (Phi) is 4.98. The fraction of sp³-hybridized carbons (Fsp3) is 0.667. The first kappa shape index (κ1) is 15.9. The number of hydrogen-bond acceptors (Lipinski definition) is 6. The fourth-order valence-electron chi connectivity index (χ4n) is 2.59. The van der Waals surface area contributed by atoms with E-state index in [1.54, 1.807) is 0 Å². The minimum Gasteiger partial charge on any atom is -0.486 e. The molecule has 0 saturated carbocycles. The predicted molar refractivity (Wildman–Crippen MR) is 86.4 cm³/mol. The summed E-state index contributed by atoms with van der Waals surface area (Å²) >= 11 is 1.37. The normalized spacial score (nSPS) is 18.9. The number of carbonyl (C=O) groups is 1. The maximum atomic E-state index is 11.9. The zero-order valence-electron chi connectivity index (χ0n) is 13.1. The van der Waals surface area contributed by atoms with Crippen molar-refractivity contribution in [3.63, 3.8) is 0 Å². The molecule has 0 aliphatic carbocycles. The monoisotopic (exact) mass is 312 g/mol. The SMILES string of the molecule is COC(=O)c1sc(N2CCCC(C)C2)c(OC(C)C)c1N. The molecule has 1 atom stereocenters. The van der Waals surface area contributed by atoms with Gasteiger partial charge >= 0.3 is 5.97 Å². The second-order valence-electron chi connectivity index (χ2n) is 5.83. The van der Waals surface area contributed by atoms with Gasteiger partial charge in [0.2, 0.25) is 0 Å². The summed E-state index contributed by atoms with van der Waals surface area (Å²) in [4.78, 5) is 14.6. The van der Waals surface area contributed by atoms with Crippen molar-refractivity contribution in [2.75, 3.05) is 30.8 Å². The molecule has 1 aliphatic rings. The Labute approximate surface area is 130 Å². The lowest BCUT2D eigenvalue weighted by atomic mass is 10.0. The van der Waals surface area contributed by atoms with Gasteiger partial charge in [-0.05, 0) is 32.6 Å². The van der Waals surface area contributed by atoms with Crippen molar-refractivity contribution >= 4 is 28.0 Å². The van der Waals surface area contributed by atoms with Crippen LogP contribution >= 0.6 is 11.3 Å². The lowest BCUT2D eigenvalue weighted by molar-refractivity contribution is 0.0607. The van der Waals surface area contributed by atoms with Crippen molar-refractivity contribution < 1.29 is 14.3 Å². The van der Waals surface area contributed by atoms with Crippen molar-refractivity contribution in [3.05, 3.63) is 4.88 Å². The van der Waals surface area contributed by atoms with Crippen molar-refractivity contribution in [1.29, 1.82) is 0 Å². The van der Waals surface area contributed by atoms with Crippen molar-refractivity contribution in [3.8, 4) is 5.75 Å². The lowest BCUT2D eigenvalue weighted by Crippen LogP contribution is -2.34. The van der Waals surface area contributed by atoms with E-state index >= 15 is 0 Å². The molecule has 1 unspecified atom stereocenters. The van der Waals surface area contributed by atoms with E-state index in [1.165, 1.54) is 24.9 Å². The van der Waals surface area contributed by atoms with E-state index in [0.717, 1.165) is 24.5 Å². The van der Waals surface area contributed by atoms with Gasteiger partial charge in [-0.2, -0.15) is 0 Å². The molecule has 2 N–H and O–H groups in total. The third-order valence-corrected chi connectivity index (χ3v) is 4.78. The van der Waals surface area contributed by atoms with Gasteiger partial charge in [-0.3, -0.25) is 0 Å². The fourth-order valence-corrected chi connectivity index (χ4v) is 3.70. The molecule has 1 fully saturated rings. The molecule has 1 aromatic rings. The smallest absolute Gasteiger partial charge is 0.350 e. The first-order chi connectivity index (χ1) is 9.93. The zero-order valence-corrected chi connectivity index (χ0v) is 14.0. The number of thiophene rings is 1. The summed E-state index contributed by atoms with van der Waals surface area (Å²) in [7, 11) is 1.37. The summed E-state index contributed by atoms with van der Waals surface area (Å²) in [6.07, 6.45) is 2.39. The molecule has 0 bridgehead atoms. The number of hydrogen-bond donors (Lipinski definition) is 1. The van der Waals surface area contributed by atoms with E-state index in [2.05, 4.69) is 11.8 Å². The van der Waals surface area contributed by atoms with Gasteiger partial charge in [0, 0.05) is 13.1 Å². The maximum absolute atomic E-state index is 11.9. The number of ether oxygens (including phenoxy) is 2. The quantitative estimate of drug-likeness (QED) is 0.865. The second-order valence-corrected chi connectivity index (χ2v) is 6.83. The molecule has 0 spiro atoms. The lowest BCUT2D eigenvalue weighted by Gasteiger charge is -2.32. The first-order valence-corrected chi connectivity index (χ1v) is 8.17. The number of anilines is 2. The minimum atomic E-state index is -0.401. The Morgan fingerprint density at radius 2 is 2.19 bits per heavy atom. The average Bonchev–Trinajstić information content (AvgIpc) is 2.75. The number of methoxy groups -OCH3 is 1. The van der Waals surface area contributed by atoms with Gasteiger partial charge in [-0.15, -0.1) is 11.3 Å². The highest BCUT2D eigenvalue weighted by Gasteiger charge is 2.28. The highest BCUT2D eigenvalue weighted by molar-refractivity contribution is 7.19. The highest BCUT2D eigenvalue weighted by atomic mass is 32.1. The van der Waals surface area contributed by atoms with E-state index < -0.39 is 5.97 Å². The number of nitrogen functional groups attached to an aromatic ring is 1. The van der Waals surface area contributed by atoms with Crippen LogP contribution in [0.25, 0.3) is 0 Å². The van der Waals surface area contributed by atoms with Crippen LogP contribution in [0.15, 0.2) is 0 Å². The highest BCUT2D eigenvalue weighted by Crippen LogP contribution is 2.46. The Hall–Kier alpha value is -1.43. The predicted octanol–water partition coefficient (Wildman–Crippen LogP) is 3.14. The van der Waals surface area contributed by atoms with Crippen LogP contribution in [0.3, 0.4) is 0 Å². The maximum Gasteiger partial charge on any atom is 0.350 e. The molecule has 0 amide bonds. The van der Waals surface area contributed by atoms with Gasteiger partial charge < -0.3 is 20.1 Å². The zero-order chi connectivity index (χ0) is 15.6. The van der Waals surface area contributed by atoms with Gasteiger partial charge in [-0.1, -0.05) is 6.92 Å². The largest absolute Gasteiger partial charge is 0.486 e. The number of carbonyl (C=O) groups excluding carboxylic acids is 1. The molecular weight excluding hydrogens is 288 g/mol. The number of nitrogens with two attached hydrogens (primary N) is 1. The number of nitrogens with zero attached hydrogens (tertiary/aromatic N) is 1. The molecule has 1 aromatic heterocycles. The molecule has 21 heavy (non-hydrogen) atoms. The van der Waals surface area contributed by atoms with E-state index in [9.17, 15) is 4.79 Å². The summed E-state index contributed by atoms with van der Waals surface area (Å²) in [6, 6.07) is 0. The van der Waals surface area contributed by atoms with E-state index in [1.807, 2.05) is 13.8 Å². The van der Waals surface area contributed by atoms with Crippen LogP contribution in [0.5, 0.6) is 5.75 Å². The first-order valence-electron chi connectivity index (χ1n) is 7.36. The third-order valence-electron chi connectivity index (χ3n) is 3.55. The molecular formula is C15H24N2O3S. The molecule has 6 heteroatoms. The van der Waals surface area contributed by atoms with Crippen LogP contribution in [-0.2, 0) is 4.74 Å². The van der Waals surface area contributed by atoms with Crippen LogP contribution in [0.2, 0.25) is 0 Å². The van der Waals surface area contributed by atoms with Crippen LogP contribution in [0, 0.1) is 5.92 Å². The molecule has 1 aliphatic heterocycles. The van der Waals surface area contributed by atoms with Crippen molar-refractivity contribution in [1.82, 2.24) is 0 Å². The average molecular weight is 312 g/mol. The molecule has 1 saturated heterocycles.